The van der Waals surface area contributed by atoms with Crippen molar-refractivity contribution in [2.45, 2.75) is 70.1 Å². The van der Waals surface area contributed by atoms with E-state index in [4.69, 9.17) is 5.73 Å². The number of likely N-dealkylation sites (tertiary alicyclic amines) is 1. The molecule has 1 aliphatic heterocycles. The summed E-state index contributed by atoms with van der Waals surface area (Å²) in [6, 6.07) is 1.21. The first-order valence-corrected chi connectivity index (χ1v) is 11.8. The Hall–Kier alpha value is -3.67. The van der Waals surface area contributed by atoms with Gasteiger partial charge in [-0.05, 0) is 42.9 Å². The number of phenols is 1. The second-order valence-electron chi connectivity index (χ2n) is 9.35. The monoisotopic (exact) mass is 506 g/mol. The standard InChI is InChI=1S/C24H34N4O8/c1-13(2)10-16(25)21(32)26-17(12-20(30)31)23(34)28-9-3-4-19(28)22(33)27-18(24(35)36)11-14-5-7-15(29)8-6-14/h5-8,13,16-19,29H,3-4,9-12,25H2,1-2H3,(H,26,32)(H,27,33)(H,30,31)(H,35,36). The van der Waals surface area contributed by atoms with E-state index in [-0.39, 0.29) is 31.1 Å². The van der Waals surface area contributed by atoms with E-state index in [1.165, 1.54) is 29.2 Å². The van der Waals surface area contributed by atoms with Gasteiger partial charge >= 0.3 is 11.9 Å². The highest BCUT2D eigenvalue weighted by atomic mass is 16.4. The van der Waals surface area contributed by atoms with Crippen LogP contribution in [0.15, 0.2) is 24.3 Å². The van der Waals surface area contributed by atoms with Crippen LogP contribution in [0.4, 0.5) is 0 Å². The number of carbonyl (C=O) groups is 5. The van der Waals surface area contributed by atoms with Gasteiger partial charge in [-0.1, -0.05) is 26.0 Å². The van der Waals surface area contributed by atoms with Crippen molar-refractivity contribution in [2.24, 2.45) is 11.7 Å². The Morgan fingerprint density at radius 3 is 2.25 bits per heavy atom. The number of phenolic OH excluding ortho intramolecular Hbond substituents is 1. The number of carboxylic acid groups (broad SMARTS) is 2. The number of aliphatic carboxylic acids is 2. The lowest BCUT2D eigenvalue weighted by Gasteiger charge is -2.29. The van der Waals surface area contributed by atoms with Crippen LogP contribution in [0.1, 0.15) is 45.1 Å². The molecule has 4 atom stereocenters. The quantitative estimate of drug-likeness (QED) is 0.223. The van der Waals surface area contributed by atoms with Gasteiger partial charge in [-0.15, -0.1) is 0 Å². The predicted octanol–water partition coefficient (Wildman–Crippen LogP) is -0.172. The SMILES string of the molecule is CC(C)CC(N)C(=O)NC(CC(=O)O)C(=O)N1CCCC1C(=O)NC(Cc1ccc(O)cc1)C(=O)O. The Morgan fingerprint density at radius 2 is 1.69 bits per heavy atom. The van der Waals surface area contributed by atoms with E-state index in [1.54, 1.807) is 0 Å². The van der Waals surface area contributed by atoms with E-state index < -0.39 is 60.2 Å². The van der Waals surface area contributed by atoms with Gasteiger partial charge in [-0.25, -0.2) is 4.79 Å². The largest absolute Gasteiger partial charge is 0.508 e. The molecule has 7 N–H and O–H groups in total. The Balaban J connectivity index is 2.13. The highest BCUT2D eigenvalue weighted by Gasteiger charge is 2.39. The third-order valence-corrected chi connectivity index (χ3v) is 5.88. The Labute approximate surface area is 208 Å². The van der Waals surface area contributed by atoms with Gasteiger partial charge < -0.3 is 36.6 Å². The topological polar surface area (TPSA) is 199 Å². The maximum atomic E-state index is 13.2. The van der Waals surface area contributed by atoms with Crippen molar-refractivity contribution in [1.82, 2.24) is 15.5 Å². The van der Waals surface area contributed by atoms with Gasteiger partial charge in [0.05, 0.1) is 12.5 Å². The number of nitrogens with one attached hydrogen (secondary N) is 2. The number of nitrogens with zero attached hydrogens (tertiary/aromatic N) is 1. The van der Waals surface area contributed by atoms with E-state index in [0.29, 0.717) is 18.4 Å². The molecule has 198 valence electrons. The lowest BCUT2D eigenvalue weighted by Crippen LogP contribution is -2.57. The average molecular weight is 507 g/mol. The van der Waals surface area contributed by atoms with Crippen molar-refractivity contribution in [3.8, 4) is 5.75 Å². The van der Waals surface area contributed by atoms with Gasteiger partial charge in [-0.3, -0.25) is 19.2 Å². The smallest absolute Gasteiger partial charge is 0.326 e. The zero-order chi connectivity index (χ0) is 27.0. The molecule has 1 saturated heterocycles. The Kier molecular flexibility index (Phi) is 10.2. The van der Waals surface area contributed by atoms with E-state index in [9.17, 15) is 39.3 Å². The summed E-state index contributed by atoms with van der Waals surface area (Å²) >= 11 is 0. The van der Waals surface area contributed by atoms with Gasteiger partial charge in [0, 0.05) is 13.0 Å². The summed E-state index contributed by atoms with van der Waals surface area (Å²) in [4.78, 5) is 63.0. The van der Waals surface area contributed by atoms with E-state index in [2.05, 4.69) is 10.6 Å². The lowest BCUT2D eigenvalue weighted by atomic mass is 10.0. The summed E-state index contributed by atoms with van der Waals surface area (Å²) in [6.45, 7) is 3.88. The molecule has 4 unspecified atom stereocenters. The molecule has 0 radical (unpaired) electrons. The molecule has 1 fully saturated rings. The minimum absolute atomic E-state index is 0.0166. The summed E-state index contributed by atoms with van der Waals surface area (Å²) in [5.74, 6) is -4.57. The molecule has 0 saturated carbocycles. The molecule has 0 bridgehead atoms. The van der Waals surface area contributed by atoms with Crippen LogP contribution in [0.2, 0.25) is 0 Å². The zero-order valence-electron chi connectivity index (χ0n) is 20.3. The first kappa shape index (κ1) is 28.6. The molecule has 3 amide bonds. The van der Waals surface area contributed by atoms with Crippen LogP contribution < -0.4 is 16.4 Å². The van der Waals surface area contributed by atoms with Crippen LogP contribution in [-0.4, -0.2) is 80.6 Å². The summed E-state index contributed by atoms with van der Waals surface area (Å²) in [6.07, 6.45) is 0.298. The number of amides is 3. The second-order valence-corrected chi connectivity index (χ2v) is 9.35. The highest BCUT2D eigenvalue weighted by molar-refractivity contribution is 5.96. The number of aromatic hydroxyl groups is 1. The van der Waals surface area contributed by atoms with E-state index in [0.717, 1.165) is 0 Å². The van der Waals surface area contributed by atoms with Crippen LogP contribution in [0, 0.1) is 5.92 Å². The summed E-state index contributed by atoms with van der Waals surface area (Å²) < 4.78 is 0. The number of rotatable bonds is 12. The number of carboxylic acids is 2. The van der Waals surface area contributed by atoms with Crippen LogP contribution in [0.5, 0.6) is 5.75 Å². The van der Waals surface area contributed by atoms with Crippen molar-refractivity contribution in [2.75, 3.05) is 6.54 Å². The molecule has 1 heterocycles. The molecule has 0 spiro atoms. The molecular weight excluding hydrogens is 472 g/mol. The van der Waals surface area contributed by atoms with Gasteiger partial charge in [-0.2, -0.15) is 0 Å². The third kappa shape index (κ3) is 8.22. The molecule has 36 heavy (non-hydrogen) atoms. The number of carbonyl (C=O) groups excluding carboxylic acids is 3. The van der Waals surface area contributed by atoms with Crippen molar-refractivity contribution >= 4 is 29.7 Å². The first-order chi connectivity index (χ1) is 16.9. The average Bonchev–Trinajstić information content (AvgIpc) is 3.28. The molecule has 0 aromatic heterocycles. The lowest BCUT2D eigenvalue weighted by molar-refractivity contribution is -0.147. The van der Waals surface area contributed by atoms with Crippen molar-refractivity contribution in [3.05, 3.63) is 29.8 Å². The van der Waals surface area contributed by atoms with Gasteiger partial charge in [0.1, 0.15) is 23.9 Å². The second kappa shape index (κ2) is 12.9. The minimum atomic E-state index is -1.42. The maximum absolute atomic E-state index is 13.2. The summed E-state index contributed by atoms with van der Waals surface area (Å²) in [5, 5.41) is 33.1. The molecule has 1 aromatic carbocycles. The van der Waals surface area contributed by atoms with Gasteiger partial charge in [0.15, 0.2) is 0 Å². The summed E-state index contributed by atoms with van der Waals surface area (Å²) in [5.41, 5.74) is 6.43. The minimum Gasteiger partial charge on any atom is -0.508 e. The fourth-order valence-corrected chi connectivity index (χ4v) is 4.11. The number of hydrogen-bond donors (Lipinski definition) is 6. The maximum Gasteiger partial charge on any atom is 0.326 e. The molecule has 1 aliphatic rings. The molecule has 1 aromatic rings. The third-order valence-electron chi connectivity index (χ3n) is 5.88. The highest BCUT2D eigenvalue weighted by Crippen LogP contribution is 2.20. The first-order valence-electron chi connectivity index (χ1n) is 11.8. The summed E-state index contributed by atoms with van der Waals surface area (Å²) in [7, 11) is 0. The normalized spacial score (nSPS) is 17.8. The fourth-order valence-electron chi connectivity index (χ4n) is 4.11. The van der Waals surface area contributed by atoms with Crippen molar-refractivity contribution in [3.63, 3.8) is 0 Å². The van der Waals surface area contributed by atoms with E-state index >= 15 is 0 Å². The molecule has 12 heteroatoms. The molecular formula is C24H34N4O8. The molecule has 2 rings (SSSR count). The van der Waals surface area contributed by atoms with Crippen LogP contribution in [0.3, 0.4) is 0 Å². The van der Waals surface area contributed by atoms with Crippen LogP contribution in [-0.2, 0) is 30.4 Å². The number of hydrogen-bond acceptors (Lipinski definition) is 7. The fraction of sp³-hybridized carbons (Fsp3) is 0.542. The zero-order valence-corrected chi connectivity index (χ0v) is 20.3. The van der Waals surface area contributed by atoms with E-state index in [1.807, 2.05) is 13.8 Å². The van der Waals surface area contributed by atoms with Crippen molar-refractivity contribution < 1.29 is 39.3 Å². The molecule has 12 nitrogen and oxygen atoms in total. The van der Waals surface area contributed by atoms with Gasteiger partial charge in [0.2, 0.25) is 17.7 Å². The number of benzene rings is 1. The Bertz CT molecular complexity index is 965. The predicted molar refractivity (Wildman–Crippen MR) is 128 cm³/mol. The molecule has 0 aliphatic carbocycles. The van der Waals surface area contributed by atoms with Crippen molar-refractivity contribution in [1.29, 1.82) is 0 Å². The van der Waals surface area contributed by atoms with Crippen LogP contribution >= 0.6 is 0 Å². The van der Waals surface area contributed by atoms with Gasteiger partial charge in [0.25, 0.3) is 0 Å². The number of nitrogens with two attached hydrogens (primary N) is 1. The van der Waals surface area contributed by atoms with Crippen LogP contribution in [0.25, 0.3) is 0 Å². The Morgan fingerprint density at radius 1 is 1.06 bits per heavy atom.